The zero-order valence-electron chi connectivity index (χ0n) is 7.32. The van der Waals surface area contributed by atoms with Crippen LogP contribution in [0.25, 0.3) is 0 Å². The van der Waals surface area contributed by atoms with E-state index in [-0.39, 0.29) is 0 Å². The molecule has 12 heavy (non-hydrogen) atoms. The molecule has 1 radical (unpaired) electrons. The monoisotopic (exact) mass is 159 g/mol. The predicted molar refractivity (Wildman–Crippen MR) is 54.7 cm³/mol. The summed E-state index contributed by atoms with van der Waals surface area (Å²) in [4.78, 5) is 0. The Kier molecular flexibility index (Phi) is 5.02. The van der Waals surface area contributed by atoms with E-state index in [0.717, 1.165) is 12.8 Å². The molecule has 0 bridgehead atoms. The van der Waals surface area contributed by atoms with Crippen LogP contribution in [0.1, 0.15) is 19.3 Å². The van der Waals surface area contributed by atoms with Gasteiger partial charge in [-0.15, -0.1) is 0 Å². The highest BCUT2D eigenvalue weighted by Crippen LogP contribution is 2.01. The van der Waals surface area contributed by atoms with E-state index in [1.807, 2.05) is 12.2 Å². The van der Waals surface area contributed by atoms with E-state index in [1.165, 1.54) is 6.42 Å². The first kappa shape index (κ1) is 9.05. The second kappa shape index (κ2) is 6.66. The van der Waals surface area contributed by atoms with Gasteiger partial charge in [0.1, 0.15) is 0 Å². The van der Waals surface area contributed by atoms with E-state index in [0.29, 0.717) is 0 Å². The maximum absolute atomic E-state index is 2.31. The van der Waals surface area contributed by atoms with Gasteiger partial charge in [-0.05, 0) is 25.7 Å². The highest BCUT2D eigenvalue weighted by molar-refractivity contribution is 5.16. The molecule has 0 aromatic rings. The van der Waals surface area contributed by atoms with E-state index in [1.54, 1.807) is 0 Å². The zero-order valence-corrected chi connectivity index (χ0v) is 7.32. The zero-order chi connectivity index (χ0) is 8.49. The third-order valence-corrected chi connectivity index (χ3v) is 1.67. The van der Waals surface area contributed by atoms with Gasteiger partial charge in [0.05, 0.1) is 0 Å². The van der Waals surface area contributed by atoms with Crippen molar-refractivity contribution in [3.05, 3.63) is 55.0 Å². The van der Waals surface area contributed by atoms with E-state index in [2.05, 4.69) is 42.9 Å². The molecule has 0 nitrogen and oxygen atoms in total. The van der Waals surface area contributed by atoms with Gasteiger partial charge in [-0.25, -0.2) is 0 Å². The summed E-state index contributed by atoms with van der Waals surface area (Å²) in [7, 11) is 0. The summed E-state index contributed by atoms with van der Waals surface area (Å²) >= 11 is 0. The molecule has 0 aromatic heterocycles. The first-order valence-electron chi connectivity index (χ1n) is 4.47. The van der Waals surface area contributed by atoms with Crippen molar-refractivity contribution < 1.29 is 0 Å². The Morgan fingerprint density at radius 1 is 0.583 bits per heavy atom. The lowest BCUT2D eigenvalue weighted by molar-refractivity contribution is 0.934. The second-order valence-corrected chi connectivity index (χ2v) is 2.73. The first-order chi connectivity index (χ1) is 6.00. The SMILES string of the molecule is [CH]1C\C=C/C=C/C=C\C=C\CC1. The van der Waals surface area contributed by atoms with E-state index in [4.69, 9.17) is 0 Å². The molecule has 0 atom stereocenters. The van der Waals surface area contributed by atoms with Crippen molar-refractivity contribution in [3.8, 4) is 0 Å². The van der Waals surface area contributed by atoms with Crippen LogP contribution in [-0.2, 0) is 0 Å². The lowest BCUT2D eigenvalue weighted by Crippen LogP contribution is -1.73. The van der Waals surface area contributed by atoms with Crippen LogP contribution in [0.2, 0.25) is 0 Å². The molecule has 0 aliphatic heterocycles. The predicted octanol–water partition coefficient (Wildman–Crippen LogP) is 3.60. The Balaban J connectivity index is 2.43. The molecule has 0 saturated carbocycles. The van der Waals surface area contributed by atoms with Crippen molar-refractivity contribution in [1.82, 2.24) is 0 Å². The minimum absolute atomic E-state index is 1.09. The maximum Gasteiger partial charge on any atom is -0.0316 e. The van der Waals surface area contributed by atoms with E-state index >= 15 is 0 Å². The molecule has 0 heteroatoms. The fourth-order valence-electron chi connectivity index (χ4n) is 1.02. The van der Waals surface area contributed by atoms with E-state index in [9.17, 15) is 0 Å². The number of hydrogen-bond donors (Lipinski definition) is 0. The fraction of sp³-hybridized carbons (Fsp3) is 0.250. The van der Waals surface area contributed by atoms with Gasteiger partial charge in [-0.2, -0.15) is 0 Å². The van der Waals surface area contributed by atoms with Crippen molar-refractivity contribution >= 4 is 0 Å². The largest absolute Gasteiger partial charge is 0.0845 e. The Morgan fingerprint density at radius 3 is 2.08 bits per heavy atom. The summed E-state index contributed by atoms with van der Waals surface area (Å²) in [5.74, 6) is 0. The third-order valence-electron chi connectivity index (χ3n) is 1.67. The summed E-state index contributed by atoms with van der Waals surface area (Å²) in [6.45, 7) is 0. The van der Waals surface area contributed by atoms with Crippen LogP contribution in [0.3, 0.4) is 0 Å². The smallest absolute Gasteiger partial charge is 0.0316 e. The molecule has 0 unspecified atom stereocenters. The van der Waals surface area contributed by atoms with Gasteiger partial charge in [0.2, 0.25) is 0 Å². The van der Waals surface area contributed by atoms with Gasteiger partial charge in [-0.3, -0.25) is 0 Å². The van der Waals surface area contributed by atoms with Crippen molar-refractivity contribution in [1.29, 1.82) is 0 Å². The Hall–Kier alpha value is -1.04. The first-order valence-corrected chi connectivity index (χ1v) is 4.47. The summed E-state index contributed by atoms with van der Waals surface area (Å²) in [6.07, 6.45) is 22.5. The average molecular weight is 159 g/mol. The number of hydrogen-bond acceptors (Lipinski definition) is 0. The van der Waals surface area contributed by atoms with Crippen LogP contribution in [0, 0.1) is 6.42 Å². The summed E-state index contributed by atoms with van der Waals surface area (Å²) in [5, 5.41) is 0. The molecule has 63 valence electrons. The van der Waals surface area contributed by atoms with Crippen molar-refractivity contribution in [2.45, 2.75) is 19.3 Å². The van der Waals surface area contributed by atoms with Gasteiger partial charge < -0.3 is 0 Å². The minimum atomic E-state index is 1.09. The summed E-state index contributed by atoms with van der Waals surface area (Å²) in [6, 6.07) is 0. The molecule has 0 N–H and O–H groups in total. The molecular weight excluding hydrogens is 144 g/mol. The Bertz CT molecular complexity index is 180. The Labute approximate surface area is 75.0 Å². The van der Waals surface area contributed by atoms with Crippen LogP contribution in [0.4, 0.5) is 0 Å². The van der Waals surface area contributed by atoms with E-state index < -0.39 is 0 Å². The third kappa shape index (κ3) is 4.73. The molecule has 0 amide bonds. The maximum atomic E-state index is 2.31. The average Bonchev–Trinajstić information content (AvgIpc) is 2.05. The molecule has 0 aromatic carbocycles. The van der Waals surface area contributed by atoms with Crippen LogP contribution >= 0.6 is 0 Å². The molecule has 0 heterocycles. The van der Waals surface area contributed by atoms with Gasteiger partial charge >= 0.3 is 0 Å². The van der Waals surface area contributed by atoms with Gasteiger partial charge in [-0.1, -0.05) is 48.6 Å². The molecule has 1 aliphatic carbocycles. The lowest BCUT2D eigenvalue weighted by Gasteiger charge is -1.91. The molecule has 1 rings (SSSR count). The summed E-state index contributed by atoms with van der Waals surface area (Å²) < 4.78 is 0. The van der Waals surface area contributed by atoms with Gasteiger partial charge in [0, 0.05) is 0 Å². The fourth-order valence-corrected chi connectivity index (χ4v) is 1.02. The van der Waals surface area contributed by atoms with Crippen LogP contribution in [-0.4, -0.2) is 0 Å². The standard InChI is InChI=1S/C12H15/c1-2-4-6-8-10-12-11-9-7-5-3-1/h1-8,11H,9-10,12H2/b3-1+,4-2-,7-5-,8-6+. The van der Waals surface area contributed by atoms with Gasteiger partial charge in [0.25, 0.3) is 0 Å². The molecule has 0 fully saturated rings. The Morgan fingerprint density at radius 2 is 1.25 bits per heavy atom. The van der Waals surface area contributed by atoms with Crippen LogP contribution in [0.5, 0.6) is 0 Å². The van der Waals surface area contributed by atoms with Crippen molar-refractivity contribution in [3.63, 3.8) is 0 Å². The highest BCUT2D eigenvalue weighted by Gasteiger charge is 1.82. The topological polar surface area (TPSA) is 0 Å². The van der Waals surface area contributed by atoms with Crippen LogP contribution in [0.15, 0.2) is 48.6 Å². The molecule has 0 spiro atoms. The molecule has 1 aliphatic rings. The number of rotatable bonds is 0. The second-order valence-electron chi connectivity index (χ2n) is 2.73. The van der Waals surface area contributed by atoms with Gasteiger partial charge in [0.15, 0.2) is 0 Å². The lowest BCUT2D eigenvalue weighted by atomic mass is 10.1. The molecule has 0 saturated heterocycles. The molecular formula is C12H15. The number of allylic oxidation sites excluding steroid dienone is 8. The normalized spacial score (nSPS) is 29.3. The van der Waals surface area contributed by atoms with Crippen LogP contribution < -0.4 is 0 Å². The summed E-state index contributed by atoms with van der Waals surface area (Å²) in [5.41, 5.74) is 0. The highest BCUT2D eigenvalue weighted by atomic mass is 13.9. The minimum Gasteiger partial charge on any atom is -0.0845 e. The van der Waals surface area contributed by atoms with Crippen molar-refractivity contribution in [2.24, 2.45) is 0 Å². The quantitative estimate of drug-likeness (QED) is 0.506. The van der Waals surface area contributed by atoms with Crippen molar-refractivity contribution in [2.75, 3.05) is 0 Å².